The van der Waals surface area contributed by atoms with Crippen molar-refractivity contribution < 1.29 is 14.3 Å². The number of aliphatic hydroxyl groups is 1. The lowest BCUT2D eigenvalue weighted by Gasteiger charge is -2.15. The standard InChI is InChI=1S/C16H26O4/c1-12(2)5-4-6-13(3)9-10-19-16(18)14-7-8-15(17)20-11-14/h7-8,11-13,16,18H,4-6,9-10H2,1-3H3. The largest absolute Gasteiger partial charge is 0.431 e. The number of hydrogen-bond donors (Lipinski definition) is 1. The Hall–Kier alpha value is -1.13. The van der Waals surface area contributed by atoms with E-state index in [0.29, 0.717) is 18.1 Å². The third kappa shape index (κ3) is 6.87. The van der Waals surface area contributed by atoms with Crippen LogP contribution in [0, 0.1) is 11.8 Å². The molecule has 0 saturated heterocycles. The van der Waals surface area contributed by atoms with Crippen molar-refractivity contribution in [2.45, 2.75) is 52.7 Å². The van der Waals surface area contributed by atoms with Gasteiger partial charge in [-0.2, -0.15) is 0 Å². The number of aliphatic hydroxyl groups excluding tert-OH is 1. The van der Waals surface area contributed by atoms with Crippen LogP contribution in [-0.2, 0) is 4.74 Å². The Balaban J connectivity index is 2.19. The molecule has 1 rings (SSSR count). The van der Waals surface area contributed by atoms with E-state index in [1.54, 1.807) is 0 Å². The minimum atomic E-state index is -1.03. The van der Waals surface area contributed by atoms with E-state index in [1.807, 2.05) is 0 Å². The highest BCUT2D eigenvalue weighted by atomic mass is 16.6. The van der Waals surface area contributed by atoms with Crippen molar-refractivity contribution in [3.63, 3.8) is 0 Å². The summed E-state index contributed by atoms with van der Waals surface area (Å²) in [5, 5.41) is 9.79. The SMILES string of the molecule is CC(C)CCCC(C)CCOC(O)c1ccc(=O)oc1. The summed E-state index contributed by atoms with van der Waals surface area (Å²) in [4.78, 5) is 10.8. The zero-order valence-corrected chi connectivity index (χ0v) is 12.7. The molecule has 1 N–H and O–H groups in total. The number of hydrogen-bond acceptors (Lipinski definition) is 4. The molecule has 2 atom stereocenters. The maximum Gasteiger partial charge on any atom is 0.335 e. The van der Waals surface area contributed by atoms with Crippen LogP contribution in [0.2, 0.25) is 0 Å². The van der Waals surface area contributed by atoms with Crippen molar-refractivity contribution in [1.29, 1.82) is 0 Å². The van der Waals surface area contributed by atoms with E-state index in [0.717, 1.165) is 12.3 Å². The molecule has 0 aliphatic heterocycles. The molecule has 2 unspecified atom stereocenters. The first kappa shape index (κ1) is 16.9. The van der Waals surface area contributed by atoms with Gasteiger partial charge in [-0.1, -0.05) is 40.0 Å². The smallest absolute Gasteiger partial charge is 0.335 e. The van der Waals surface area contributed by atoms with Gasteiger partial charge >= 0.3 is 5.63 Å². The van der Waals surface area contributed by atoms with E-state index in [4.69, 9.17) is 4.74 Å². The molecule has 20 heavy (non-hydrogen) atoms. The monoisotopic (exact) mass is 282 g/mol. The van der Waals surface area contributed by atoms with Crippen LogP contribution in [0.1, 0.15) is 58.3 Å². The van der Waals surface area contributed by atoms with Crippen molar-refractivity contribution >= 4 is 0 Å². The van der Waals surface area contributed by atoms with Crippen LogP contribution in [0.25, 0.3) is 0 Å². The number of rotatable bonds is 9. The van der Waals surface area contributed by atoms with Crippen LogP contribution in [0.5, 0.6) is 0 Å². The predicted molar refractivity (Wildman–Crippen MR) is 78.4 cm³/mol. The fourth-order valence-electron chi connectivity index (χ4n) is 2.01. The molecule has 0 saturated carbocycles. The molecular weight excluding hydrogens is 256 g/mol. The summed E-state index contributed by atoms with van der Waals surface area (Å²) in [6.07, 6.45) is 4.83. The van der Waals surface area contributed by atoms with Gasteiger partial charge in [0.25, 0.3) is 0 Å². The summed E-state index contributed by atoms with van der Waals surface area (Å²) < 4.78 is 10.0. The summed E-state index contributed by atoms with van der Waals surface area (Å²) in [6.45, 7) is 7.19. The lowest BCUT2D eigenvalue weighted by molar-refractivity contribution is -0.106. The van der Waals surface area contributed by atoms with Crippen molar-refractivity contribution in [2.24, 2.45) is 11.8 Å². The van der Waals surface area contributed by atoms with E-state index in [9.17, 15) is 9.90 Å². The molecule has 0 amide bonds. The molecule has 0 aliphatic rings. The Labute approximate surface area is 120 Å². The second-order valence-electron chi connectivity index (χ2n) is 5.83. The van der Waals surface area contributed by atoms with Crippen LogP contribution in [-0.4, -0.2) is 11.7 Å². The predicted octanol–water partition coefficient (Wildman–Crippen LogP) is 3.50. The Morgan fingerprint density at radius 1 is 1.20 bits per heavy atom. The Morgan fingerprint density at radius 2 is 1.95 bits per heavy atom. The average Bonchev–Trinajstić information content (AvgIpc) is 2.39. The average molecular weight is 282 g/mol. The Morgan fingerprint density at radius 3 is 2.55 bits per heavy atom. The minimum absolute atomic E-state index is 0.431. The maximum absolute atomic E-state index is 10.8. The van der Waals surface area contributed by atoms with Gasteiger partial charge in [0, 0.05) is 11.6 Å². The zero-order valence-electron chi connectivity index (χ0n) is 12.7. The van der Waals surface area contributed by atoms with Crippen LogP contribution >= 0.6 is 0 Å². The van der Waals surface area contributed by atoms with E-state index in [1.165, 1.54) is 37.7 Å². The van der Waals surface area contributed by atoms with Gasteiger partial charge < -0.3 is 14.3 Å². The fraction of sp³-hybridized carbons (Fsp3) is 0.688. The zero-order chi connectivity index (χ0) is 15.0. The molecule has 1 aromatic rings. The van der Waals surface area contributed by atoms with Gasteiger partial charge in [0.05, 0.1) is 6.61 Å². The van der Waals surface area contributed by atoms with Gasteiger partial charge in [0.1, 0.15) is 6.26 Å². The van der Waals surface area contributed by atoms with Gasteiger partial charge in [-0.25, -0.2) is 4.79 Å². The second-order valence-corrected chi connectivity index (χ2v) is 5.83. The first-order valence-electron chi connectivity index (χ1n) is 7.37. The normalized spacial score (nSPS) is 14.4. The van der Waals surface area contributed by atoms with E-state index in [2.05, 4.69) is 25.2 Å². The van der Waals surface area contributed by atoms with E-state index in [-0.39, 0.29) is 0 Å². The minimum Gasteiger partial charge on any atom is -0.431 e. The van der Waals surface area contributed by atoms with Gasteiger partial charge in [-0.15, -0.1) is 0 Å². The molecular formula is C16H26O4. The molecule has 4 nitrogen and oxygen atoms in total. The van der Waals surface area contributed by atoms with E-state index < -0.39 is 11.9 Å². The van der Waals surface area contributed by atoms with Crippen molar-refractivity contribution in [3.8, 4) is 0 Å². The Bertz CT molecular complexity index is 404. The molecule has 4 heteroatoms. The molecule has 0 fully saturated rings. The molecule has 114 valence electrons. The summed E-state index contributed by atoms with van der Waals surface area (Å²) in [6, 6.07) is 2.79. The molecule has 0 spiro atoms. The summed E-state index contributed by atoms with van der Waals surface area (Å²) in [5.74, 6) is 1.35. The highest BCUT2D eigenvalue weighted by Crippen LogP contribution is 2.17. The fourth-order valence-corrected chi connectivity index (χ4v) is 2.01. The van der Waals surface area contributed by atoms with Crippen molar-refractivity contribution in [2.75, 3.05) is 6.61 Å². The second kappa shape index (κ2) is 8.93. The maximum atomic E-state index is 10.8. The molecule has 0 radical (unpaired) electrons. The molecule has 0 bridgehead atoms. The summed E-state index contributed by atoms with van der Waals surface area (Å²) in [7, 11) is 0. The van der Waals surface area contributed by atoms with Gasteiger partial charge in [-0.05, 0) is 24.3 Å². The van der Waals surface area contributed by atoms with Crippen LogP contribution in [0.4, 0.5) is 0 Å². The third-order valence-corrected chi connectivity index (χ3v) is 3.37. The first-order valence-corrected chi connectivity index (χ1v) is 7.37. The van der Waals surface area contributed by atoms with Gasteiger partial charge in [-0.3, -0.25) is 0 Å². The number of ether oxygens (including phenoxy) is 1. The third-order valence-electron chi connectivity index (χ3n) is 3.37. The van der Waals surface area contributed by atoms with Gasteiger partial charge in [0.15, 0.2) is 6.29 Å². The lowest BCUT2D eigenvalue weighted by atomic mass is 9.98. The lowest BCUT2D eigenvalue weighted by Crippen LogP contribution is -2.09. The molecule has 1 heterocycles. The molecule has 0 aliphatic carbocycles. The van der Waals surface area contributed by atoms with Crippen molar-refractivity contribution in [1.82, 2.24) is 0 Å². The highest BCUT2D eigenvalue weighted by Gasteiger charge is 2.10. The summed E-state index contributed by atoms with van der Waals surface area (Å²) >= 11 is 0. The highest BCUT2D eigenvalue weighted by molar-refractivity contribution is 5.07. The van der Waals surface area contributed by atoms with E-state index >= 15 is 0 Å². The topological polar surface area (TPSA) is 59.7 Å². The van der Waals surface area contributed by atoms with Crippen LogP contribution in [0.15, 0.2) is 27.6 Å². The first-order chi connectivity index (χ1) is 9.49. The van der Waals surface area contributed by atoms with Crippen molar-refractivity contribution in [3.05, 3.63) is 34.4 Å². The van der Waals surface area contributed by atoms with Crippen LogP contribution in [0.3, 0.4) is 0 Å². The Kier molecular flexibility index (Phi) is 7.55. The van der Waals surface area contributed by atoms with Gasteiger partial charge in [0.2, 0.25) is 0 Å². The van der Waals surface area contributed by atoms with Crippen LogP contribution < -0.4 is 5.63 Å². The molecule has 0 aromatic carbocycles. The molecule has 1 aromatic heterocycles. The quantitative estimate of drug-likeness (QED) is 0.704. The summed E-state index contributed by atoms with van der Waals surface area (Å²) in [5.41, 5.74) is 0.0387.